The molecule has 0 bridgehead atoms. The van der Waals surface area contributed by atoms with Crippen LogP contribution in [0.4, 0.5) is 5.69 Å². The van der Waals surface area contributed by atoms with Crippen molar-refractivity contribution in [3.63, 3.8) is 0 Å². The number of aromatic nitrogens is 1. The molecule has 3 aliphatic rings. The lowest BCUT2D eigenvalue weighted by atomic mass is 10.00. The number of amides is 5. The van der Waals surface area contributed by atoms with Crippen molar-refractivity contribution in [1.29, 1.82) is 0 Å². The number of aliphatic imine (C=N–C) groups is 1. The Morgan fingerprint density at radius 1 is 0.966 bits per heavy atom. The van der Waals surface area contributed by atoms with Crippen molar-refractivity contribution in [2.75, 3.05) is 45.8 Å². The fourth-order valence-corrected chi connectivity index (χ4v) is 8.05. The van der Waals surface area contributed by atoms with Crippen LogP contribution in [-0.4, -0.2) is 104 Å². The van der Waals surface area contributed by atoms with E-state index in [1.807, 2.05) is 31.2 Å². The molecule has 58 heavy (non-hydrogen) atoms. The number of anilines is 1. The minimum Gasteiger partial charge on any atom is -0.496 e. The van der Waals surface area contributed by atoms with Gasteiger partial charge in [0, 0.05) is 69.7 Å². The van der Waals surface area contributed by atoms with Crippen LogP contribution in [0.1, 0.15) is 78.1 Å². The third-order valence-electron chi connectivity index (χ3n) is 11.2. The van der Waals surface area contributed by atoms with E-state index in [4.69, 9.17) is 9.47 Å². The van der Waals surface area contributed by atoms with Gasteiger partial charge in [0.1, 0.15) is 17.5 Å². The van der Waals surface area contributed by atoms with Gasteiger partial charge in [-0.1, -0.05) is 6.08 Å². The molecule has 0 radical (unpaired) electrons. The van der Waals surface area contributed by atoms with Gasteiger partial charge in [0.25, 0.3) is 17.4 Å². The Labute approximate surface area is 337 Å². The maximum absolute atomic E-state index is 13.3. The van der Waals surface area contributed by atoms with Gasteiger partial charge in [-0.3, -0.25) is 44.0 Å². The van der Waals surface area contributed by atoms with E-state index in [2.05, 4.69) is 27.2 Å². The van der Waals surface area contributed by atoms with Crippen molar-refractivity contribution in [1.82, 2.24) is 25.0 Å². The van der Waals surface area contributed by atoms with Crippen molar-refractivity contribution in [2.24, 2.45) is 12.0 Å². The highest BCUT2D eigenvalue weighted by Gasteiger charge is 2.44. The highest BCUT2D eigenvalue weighted by atomic mass is 16.5. The number of fused-ring (bicyclic) bond motifs is 1. The summed E-state index contributed by atoms with van der Waals surface area (Å²) in [7, 11) is 6.61. The highest BCUT2D eigenvalue weighted by molar-refractivity contribution is 6.23. The molecule has 0 spiro atoms. The largest absolute Gasteiger partial charge is 0.496 e. The van der Waals surface area contributed by atoms with Crippen LogP contribution in [0, 0.1) is 0 Å². The number of aryl methyl sites for hydroxylation is 1. The quantitative estimate of drug-likeness (QED) is 0.140. The van der Waals surface area contributed by atoms with Crippen molar-refractivity contribution in [2.45, 2.75) is 70.5 Å². The topological polar surface area (TPSA) is 172 Å². The molecule has 2 aromatic carbocycles. The van der Waals surface area contributed by atoms with Gasteiger partial charge in [-0.2, -0.15) is 0 Å². The number of benzene rings is 2. The number of hydrogen-bond acceptors (Lipinski definition) is 11. The number of methoxy groups -OCH3 is 2. The van der Waals surface area contributed by atoms with E-state index in [0.29, 0.717) is 29.2 Å². The Kier molecular flexibility index (Phi) is 12.9. The number of nitrogens with zero attached hydrogens (tertiary/aromatic N) is 5. The Morgan fingerprint density at radius 3 is 2.29 bits per heavy atom. The molecule has 3 aliphatic heterocycles. The zero-order valence-corrected chi connectivity index (χ0v) is 33.8. The molecule has 0 aliphatic carbocycles. The second-order valence-corrected chi connectivity index (χ2v) is 14.8. The van der Waals surface area contributed by atoms with Gasteiger partial charge >= 0.3 is 0 Å². The summed E-state index contributed by atoms with van der Waals surface area (Å²) in [5.41, 5.74) is 3.52. The average molecular weight is 794 g/mol. The smallest absolute Gasteiger partial charge is 0.262 e. The predicted molar refractivity (Wildman–Crippen MR) is 220 cm³/mol. The summed E-state index contributed by atoms with van der Waals surface area (Å²) in [6.45, 7) is 7.98. The standard InChI is InChI=1S/C43H51N7O8/c1-7-29-32(23-44-2)41(54)48(4)24-33(29)26-20-36(57-5)34(37(21-26)58-6)25-47(3)39(52)10-8-9-17-45-27-15-18-49(19-16-27)28-11-12-30-31(22-28)43(56)50(42(30)55)35-13-14-38(51)46-40(35)53/h7,11-12,20-24,27,35,45H,2,8-10,13-19,25H2,1,3-6H3,(H,46,51,53)/b29-7+,32-23+. The van der Waals surface area contributed by atoms with Gasteiger partial charge < -0.3 is 29.2 Å². The zero-order chi connectivity index (χ0) is 41.7. The maximum atomic E-state index is 13.3. The van der Waals surface area contributed by atoms with Crippen LogP contribution in [0.2, 0.25) is 0 Å². The first-order chi connectivity index (χ1) is 27.9. The number of nitrogens with one attached hydrogen (secondary N) is 2. The minimum atomic E-state index is -0.990. The van der Waals surface area contributed by atoms with Crippen molar-refractivity contribution in [3.8, 4) is 22.6 Å². The molecule has 1 aromatic heterocycles. The average Bonchev–Trinajstić information content (AvgIpc) is 3.47. The summed E-state index contributed by atoms with van der Waals surface area (Å²) in [5, 5.41) is 7.01. The fraction of sp³-hybridized carbons (Fsp3) is 0.419. The molecular weight excluding hydrogens is 743 g/mol. The molecule has 15 nitrogen and oxygen atoms in total. The normalized spacial score (nSPS) is 17.8. The summed E-state index contributed by atoms with van der Waals surface area (Å²) >= 11 is 0. The van der Waals surface area contributed by atoms with Gasteiger partial charge in [0.15, 0.2) is 0 Å². The number of carbonyl (C=O) groups excluding carboxylic acids is 5. The van der Waals surface area contributed by atoms with E-state index < -0.39 is 29.7 Å². The number of piperidine rings is 2. The lowest BCUT2D eigenvalue weighted by molar-refractivity contribution is -0.136. The molecule has 5 amide bonds. The third-order valence-corrected chi connectivity index (χ3v) is 11.2. The Balaban J connectivity index is 0.979. The van der Waals surface area contributed by atoms with Gasteiger partial charge in [-0.15, -0.1) is 0 Å². The molecule has 0 saturated carbocycles. The van der Waals surface area contributed by atoms with E-state index in [0.717, 1.165) is 77.8 Å². The van der Waals surface area contributed by atoms with Gasteiger partial charge in [-0.05, 0) is 93.4 Å². The minimum absolute atomic E-state index is 0.00859. The molecule has 306 valence electrons. The lowest BCUT2D eigenvalue weighted by Gasteiger charge is -2.34. The molecule has 1 unspecified atom stereocenters. The third kappa shape index (κ3) is 8.44. The summed E-state index contributed by atoms with van der Waals surface area (Å²) < 4.78 is 13.1. The van der Waals surface area contributed by atoms with Crippen molar-refractivity contribution >= 4 is 54.2 Å². The second kappa shape index (κ2) is 18.0. The van der Waals surface area contributed by atoms with Crippen LogP contribution >= 0.6 is 0 Å². The van der Waals surface area contributed by atoms with E-state index in [1.54, 1.807) is 51.5 Å². The number of pyridine rings is 1. The number of hydrogen-bond donors (Lipinski definition) is 2. The van der Waals surface area contributed by atoms with Crippen LogP contribution < -0.4 is 41.0 Å². The van der Waals surface area contributed by atoms with Gasteiger partial charge in [0.2, 0.25) is 17.7 Å². The molecule has 4 heterocycles. The van der Waals surface area contributed by atoms with Crippen LogP contribution in [0.25, 0.3) is 23.4 Å². The molecule has 1 atom stereocenters. The Morgan fingerprint density at radius 2 is 1.66 bits per heavy atom. The van der Waals surface area contributed by atoms with Crippen LogP contribution in [0.3, 0.4) is 0 Å². The fourth-order valence-electron chi connectivity index (χ4n) is 8.05. The molecule has 3 aromatic rings. The first-order valence-corrected chi connectivity index (χ1v) is 19.6. The predicted octanol–water partition coefficient (Wildman–Crippen LogP) is 2.10. The van der Waals surface area contributed by atoms with Crippen molar-refractivity contribution in [3.05, 3.63) is 74.0 Å². The van der Waals surface area contributed by atoms with Crippen LogP contribution in [0.15, 0.2) is 46.3 Å². The zero-order valence-electron chi connectivity index (χ0n) is 33.8. The molecule has 15 heteroatoms. The van der Waals surface area contributed by atoms with Crippen molar-refractivity contribution < 1.29 is 33.4 Å². The number of rotatable bonds is 14. The maximum Gasteiger partial charge on any atom is 0.262 e. The Bertz CT molecular complexity index is 2300. The summed E-state index contributed by atoms with van der Waals surface area (Å²) in [6, 6.07) is 8.32. The SMILES string of the molecule is C=N/C=c1/c(=O)n(C)cc(-c2cc(OC)c(CN(C)C(=O)CCCCNC3CCN(c4ccc5c(c4)C(=O)N(C4CCC(=O)NC4=O)C5=O)CC3)c(OC)c2)/c1=C/C. The first kappa shape index (κ1) is 41.5. The van der Waals surface area contributed by atoms with E-state index in [1.165, 1.54) is 10.8 Å². The molecule has 2 fully saturated rings. The van der Waals surface area contributed by atoms with Crippen LogP contribution in [0.5, 0.6) is 11.5 Å². The first-order valence-electron chi connectivity index (χ1n) is 19.6. The molecule has 2 saturated heterocycles. The number of unbranched alkanes of at least 4 members (excludes halogenated alkanes) is 1. The molecular formula is C43H51N7O8. The number of imide groups is 2. The molecule has 2 N–H and O–H groups in total. The lowest BCUT2D eigenvalue weighted by Crippen LogP contribution is -2.54. The highest BCUT2D eigenvalue weighted by Crippen LogP contribution is 2.35. The second-order valence-electron chi connectivity index (χ2n) is 14.8. The van der Waals surface area contributed by atoms with E-state index >= 15 is 0 Å². The number of carbonyl (C=O) groups is 5. The summed E-state index contributed by atoms with van der Waals surface area (Å²) in [5.74, 6) is -0.922. The van der Waals surface area contributed by atoms with Crippen LogP contribution in [-0.2, 0) is 28.0 Å². The number of ether oxygens (including phenoxy) is 2. The van der Waals surface area contributed by atoms with Gasteiger partial charge in [0.05, 0.1) is 42.7 Å². The monoisotopic (exact) mass is 793 g/mol. The van der Waals surface area contributed by atoms with E-state index in [9.17, 15) is 28.8 Å². The molecule has 6 rings (SSSR count). The van der Waals surface area contributed by atoms with E-state index in [-0.39, 0.29) is 42.0 Å². The summed E-state index contributed by atoms with van der Waals surface area (Å²) in [6.07, 6.45) is 9.02. The Hall–Kier alpha value is -6.09. The summed E-state index contributed by atoms with van der Waals surface area (Å²) in [4.78, 5) is 85.2. The van der Waals surface area contributed by atoms with Gasteiger partial charge in [-0.25, -0.2) is 0 Å².